The fourth-order valence-electron chi connectivity index (χ4n) is 1.60. The van der Waals surface area contributed by atoms with Gasteiger partial charge in [-0.05, 0) is 19.4 Å². The summed E-state index contributed by atoms with van der Waals surface area (Å²) < 4.78 is 5.52. The van der Waals surface area contributed by atoms with E-state index in [0.29, 0.717) is 6.01 Å². The maximum absolute atomic E-state index is 5.52. The van der Waals surface area contributed by atoms with E-state index in [9.17, 15) is 0 Å². The van der Waals surface area contributed by atoms with E-state index in [-0.39, 0.29) is 0 Å². The Bertz CT molecular complexity index is 474. The first-order chi connectivity index (χ1) is 7.20. The second-order valence-corrected chi connectivity index (χ2v) is 3.60. The molecule has 0 saturated heterocycles. The van der Waals surface area contributed by atoms with Crippen molar-refractivity contribution in [2.75, 3.05) is 12.4 Å². The van der Waals surface area contributed by atoms with Crippen molar-refractivity contribution in [1.29, 1.82) is 0 Å². The third kappa shape index (κ3) is 1.86. The molecule has 15 heavy (non-hydrogen) atoms. The minimum atomic E-state index is 0.546. The third-order valence-electron chi connectivity index (χ3n) is 2.37. The van der Waals surface area contributed by atoms with Crippen LogP contribution in [0.4, 0.5) is 6.01 Å². The Morgan fingerprint density at radius 2 is 2.07 bits per heavy atom. The molecule has 0 spiro atoms. The third-order valence-corrected chi connectivity index (χ3v) is 2.37. The Morgan fingerprint density at radius 3 is 2.67 bits per heavy atom. The number of hydrogen-bond acceptors (Lipinski definition) is 3. The van der Waals surface area contributed by atoms with Gasteiger partial charge in [-0.15, -0.1) is 0 Å². The summed E-state index contributed by atoms with van der Waals surface area (Å²) in [7, 11) is 1.79. The minimum absolute atomic E-state index is 0.546. The summed E-state index contributed by atoms with van der Waals surface area (Å²) in [6, 6.07) is 6.82. The largest absolute Gasteiger partial charge is 0.424 e. The molecule has 0 bridgehead atoms. The Balaban J connectivity index is 2.44. The summed E-state index contributed by atoms with van der Waals surface area (Å²) in [6.07, 6.45) is 1.74. The van der Waals surface area contributed by atoms with Crippen LogP contribution >= 0.6 is 0 Å². The van der Waals surface area contributed by atoms with Gasteiger partial charge in [0.05, 0.1) is 6.20 Å². The van der Waals surface area contributed by atoms with Crippen LogP contribution in [0.15, 0.2) is 28.8 Å². The fourth-order valence-corrected chi connectivity index (χ4v) is 1.60. The van der Waals surface area contributed by atoms with Gasteiger partial charge in [0.1, 0.15) is 0 Å². The lowest BCUT2D eigenvalue weighted by molar-refractivity contribution is 0.589. The molecule has 0 amide bonds. The van der Waals surface area contributed by atoms with Crippen LogP contribution in [-0.4, -0.2) is 12.0 Å². The predicted octanol–water partition coefficient (Wildman–Crippen LogP) is 3.00. The number of anilines is 1. The molecule has 0 unspecified atom stereocenters. The van der Waals surface area contributed by atoms with Crippen LogP contribution < -0.4 is 5.32 Å². The zero-order chi connectivity index (χ0) is 10.8. The van der Waals surface area contributed by atoms with Crippen molar-refractivity contribution in [3.05, 3.63) is 35.5 Å². The van der Waals surface area contributed by atoms with Crippen molar-refractivity contribution < 1.29 is 4.42 Å². The number of nitrogens with zero attached hydrogens (tertiary/aromatic N) is 1. The fraction of sp³-hybridized carbons (Fsp3) is 0.250. The Morgan fingerprint density at radius 1 is 1.27 bits per heavy atom. The van der Waals surface area contributed by atoms with Gasteiger partial charge >= 0.3 is 0 Å². The van der Waals surface area contributed by atoms with Crippen molar-refractivity contribution >= 4 is 6.01 Å². The highest BCUT2D eigenvalue weighted by molar-refractivity contribution is 5.62. The minimum Gasteiger partial charge on any atom is -0.424 e. The second-order valence-electron chi connectivity index (χ2n) is 3.60. The number of aryl methyl sites for hydroxylation is 2. The molecule has 1 N–H and O–H groups in total. The normalized spacial score (nSPS) is 10.3. The topological polar surface area (TPSA) is 38.1 Å². The van der Waals surface area contributed by atoms with E-state index in [1.165, 1.54) is 11.1 Å². The number of nitrogens with one attached hydrogen (secondary N) is 1. The van der Waals surface area contributed by atoms with Gasteiger partial charge in [0.15, 0.2) is 5.76 Å². The zero-order valence-electron chi connectivity index (χ0n) is 9.16. The molecule has 2 aromatic rings. The summed E-state index contributed by atoms with van der Waals surface area (Å²) in [5.41, 5.74) is 3.55. The van der Waals surface area contributed by atoms with Crippen molar-refractivity contribution in [1.82, 2.24) is 4.98 Å². The van der Waals surface area contributed by atoms with E-state index < -0.39 is 0 Å². The molecule has 0 aliphatic heterocycles. The Labute approximate surface area is 89.1 Å². The molecular weight excluding hydrogens is 188 g/mol. The van der Waals surface area contributed by atoms with Crippen molar-refractivity contribution in [2.24, 2.45) is 0 Å². The average molecular weight is 202 g/mol. The summed E-state index contributed by atoms with van der Waals surface area (Å²) in [4.78, 5) is 4.10. The number of rotatable bonds is 2. The average Bonchev–Trinajstić information content (AvgIpc) is 2.66. The van der Waals surface area contributed by atoms with Gasteiger partial charge in [-0.3, -0.25) is 0 Å². The summed E-state index contributed by atoms with van der Waals surface area (Å²) >= 11 is 0. The number of benzene rings is 1. The van der Waals surface area contributed by atoms with Gasteiger partial charge in [0.25, 0.3) is 6.01 Å². The van der Waals surface area contributed by atoms with Gasteiger partial charge in [0.2, 0.25) is 0 Å². The maximum Gasteiger partial charge on any atom is 0.294 e. The number of aromatic nitrogens is 1. The van der Waals surface area contributed by atoms with Crippen molar-refractivity contribution in [3.63, 3.8) is 0 Å². The van der Waals surface area contributed by atoms with Gasteiger partial charge in [-0.1, -0.05) is 23.8 Å². The standard InChI is InChI=1S/C12H14N2O/c1-8-4-5-10(9(2)6-8)11-7-14-12(13-3)15-11/h4-7H,1-3H3,(H,13,14). The molecule has 1 heterocycles. The summed E-state index contributed by atoms with van der Waals surface area (Å²) in [6.45, 7) is 4.15. The van der Waals surface area contributed by atoms with Gasteiger partial charge in [0, 0.05) is 12.6 Å². The SMILES string of the molecule is CNc1ncc(-c2ccc(C)cc2C)o1. The van der Waals surface area contributed by atoms with Crippen LogP contribution in [0.2, 0.25) is 0 Å². The predicted molar refractivity (Wildman–Crippen MR) is 61.0 cm³/mol. The molecule has 2 rings (SSSR count). The van der Waals surface area contributed by atoms with E-state index in [4.69, 9.17) is 4.42 Å². The highest BCUT2D eigenvalue weighted by atomic mass is 16.4. The Kier molecular flexibility index (Phi) is 2.46. The molecule has 0 atom stereocenters. The zero-order valence-corrected chi connectivity index (χ0v) is 9.16. The molecule has 78 valence electrons. The van der Waals surface area contributed by atoms with Gasteiger partial charge in [-0.25, -0.2) is 4.98 Å². The highest BCUT2D eigenvalue weighted by Gasteiger charge is 2.07. The van der Waals surface area contributed by atoms with Gasteiger partial charge < -0.3 is 9.73 Å². The first-order valence-corrected chi connectivity index (χ1v) is 4.92. The first-order valence-electron chi connectivity index (χ1n) is 4.92. The molecule has 1 aromatic heterocycles. The lowest BCUT2D eigenvalue weighted by atomic mass is 10.0. The quantitative estimate of drug-likeness (QED) is 0.813. The van der Waals surface area contributed by atoms with Gasteiger partial charge in [-0.2, -0.15) is 0 Å². The summed E-state index contributed by atoms with van der Waals surface area (Å²) in [5.74, 6) is 0.803. The van der Waals surface area contributed by atoms with Crippen LogP contribution in [0.3, 0.4) is 0 Å². The van der Waals surface area contributed by atoms with Crippen LogP contribution in [-0.2, 0) is 0 Å². The number of oxazole rings is 1. The van der Waals surface area contributed by atoms with E-state index in [1.807, 2.05) is 0 Å². The van der Waals surface area contributed by atoms with Crippen LogP contribution in [0, 0.1) is 13.8 Å². The smallest absolute Gasteiger partial charge is 0.294 e. The molecule has 0 aliphatic carbocycles. The maximum atomic E-state index is 5.52. The first kappa shape index (κ1) is 9.77. The van der Waals surface area contributed by atoms with Crippen molar-refractivity contribution in [2.45, 2.75) is 13.8 Å². The van der Waals surface area contributed by atoms with Crippen LogP contribution in [0.25, 0.3) is 11.3 Å². The molecule has 0 fully saturated rings. The van der Waals surface area contributed by atoms with E-state index in [2.05, 4.69) is 42.3 Å². The highest BCUT2D eigenvalue weighted by Crippen LogP contribution is 2.26. The molecular formula is C12H14N2O. The van der Waals surface area contributed by atoms with E-state index >= 15 is 0 Å². The van der Waals surface area contributed by atoms with E-state index in [1.54, 1.807) is 13.2 Å². The lowest BCUT2D eigenvalue weighted by Gasteiger charge is -2.02. The summed E-state index contributed by atoms with van der Waals surface area (Å²) in [5, 5.41) is 2.87. The molecule has 3 heteroatoms. The van der Waals surface area contributed by atoms with E-state index in [0.717, 1.165) is 11.3 Å². The number of hydrogen-bond donors (Lipinski definition) is 1. The second kappa shape index (κ2) is 3.77. The van der Waals surface area contributed by atoms with Crippen molar-refractivity contribution in [3.8, 4) is 11.3 Å². The lowest BCUT2D eigenvalue weighted by Crippen LogP contribution is -1.85. The van der Waals surface area contributed by atoms with Crippen LogP contribution in [0.1, 0.15) is 11.1 Å². The molecule has 0 saturated carbocycles. The Hall–Kier alpha value is -1.77. The molecule has 0 radical (unpaired) electrons. The van der Waals surface area contributed by atoms with Crippen LogP contribution in [0.5, 0.6) is 0 Å². The molecule has 1 aromatic carbocycles. The monoisotopic (exact) mass is 202 g/mol. The molecule has 0 aliphatic rings. The molecule has 3 nitrogen and oxygen atoms in total.